The van der Waals surface area contributed by atoms with E-state index in [-0.39, 0.29) is 5.60 Å². The number of rotatable bonds is 4. The predicted octanol–water partition coefficient (Wildman–Crippen LogP) is 5.04. The van der Waals surface area contributed by atoms with Gasteiger partial charge in [-0.3, -0.25) is 0 Å². The summed E-state index contributed by atoms with van der Waals surface area (Å²) in [7, 11) is 1.87. The van der Waals surface area contributed by atoms with E-state index in [0.29, 0.717) is 10.8 Å². The first kappa shape index (κ1) is 13.9. The topological polar surface area (TPSA) is 9.23 Å². The van der Waals surface area contributed by atoms with Gasteiger partial charge < -0.3 is 4.74 Å². The summed E-state index contributed by atoms with van der Waals surface area (Å²) in [6, 6.07) is 0. The maximum absolute atomic E-state index is 5.74. The molecule has 4 saturated carbocycles. The molecule has 0 aromatic heterocycles. The Morgan fingerprint density at radius 1 is 0.895 bits per heavy atom. The molecule has 0 aromatic rings. The van der Waals surface area contributed by atoms with Crippen LogP contribution in [0.3, 0.4) is 0 Å². The summed E-state index contributed by atoms with van der Waals surface area (Å²) >= 11 is 0. The van der Waals surface area contributed by atoms with Gasteiger partial charge in [0.25, 0.3) is 0 Å². The number of hydrogen-bond donors (Lipinski definition) is 0. The van der Waals surface area contributed by atoms with Crippen molar-refractivity contribution in [3.05, 3.63) is 0 Å². The molecule has 1 nitrogen and oxygen atoms in total. The quantitative estimate of drug-likeness (QED) is 0.691. The lowest BCUT2D eigenvalue weighted by Crippen LogP contribution is -2.54. The van der Waals surface area contributed by atoms with Crippen molar-refractivity contribution in [3.63, 3.8) is 0 Å². The zero-order valence-electron chi connectivity index (χ0n) is 13.6. The third kappa shape index (κ3) is 2.26. The number of methoxy groups -OCH3 is 1. The summed E-state index contributed by atoms with van der Waals surface area (Å²) in [4.78, 5) is 0. The van der Waals surface area contributed by atoms with E-state index in [0.717, 1.165) is 17.8 Å². The van der Waals surface area contributed by atoms with Crippen molar-refractivity contribution in [1.82, 2.24) is 0 Å². The first-order valence-corrected chi connectivity index (χ1v) is 8.30. The summed E-state index contributed by atoms with van der Waals surface area (Å²) in [6.07, 6.45) is 10.3. The van der Waals surface area contributed by atoms with Gasteiger partial charge in [0.2, 0.25) is 0 Å². The lowest BCUT2D eigenvalue weighted by atomic mass is 9.42. The van der Waals surface area contributed by atoms with E-state index in [1.165, 1.54) is 25.7 Å². The summed E-state index contributed by atoms with van der Waals surface area (Å²) in [5.74, 6) is 3.16. The minimum atomic E-state index is 0.0207. The minimum Gasteiger partial charge on any atom is -0.379 e. The monoisotopic (exact) mass is 264 g/mol. The van der Waals surface area contributed by atoms with Crippen LogP contribution in [0.25, 0.3) is 0 Å². The second kappa shape index (κ2) is 4.23. The van der Waals surface area contributed by atoms with Crippen LogP contribution in [0.5, 0.6) is 0 Å². The Hall–Kier alpha value is -0.0400. The molecule has 0 saturated heterocycles. The fraction of sp³-hybridized carbons (Fsp3) is 1.00. The lowest BCUT2D eigenvalue weighted by Gasteiger charge is -2.63. The first-order valence-electron chi connectivity index (χ1n) is 8.30. The Morgan fingerprint density at radius 3 is 1.68 bits per heavy atom. The lowest BCUT2D eigenvalue weighted by molar-refractivity contribution is -0.143. The van der Waals surface area contributed by atoms with Crippen molar-refractivity contribution in [2.75, 3.05) is 7.11 Å². The Kier molecular flexibility index (Phi) is 3.10. The van der Waals surface area contributed by atoms with Crippen molar-refractivity contribution in [2.45, 2.75) is 78.2 Å². The summed E-state index contributed by atoms with van der Waals surface area (Å²) in [5.41, 5.74) is 1.06. The molecule has 0 unspecified atom stereocenters. The third-order valence-electron chi connectivity index (χ3n) is 6.89. The molecule has 0 N–H and O–H groups in total. The Balaban J connectivity index is 1.84. The largest absolute Gasteiger partial charge is 0.379 e. The molecule has 4 aliphatic carbocycles. The molecule has 4 bridgehead atoms. The van der Waals surface area contributed by atoms with E-state index in [2.05, 4.69) is 27.7 Å². The molecular weight excluding hydrogens is 232 g/mol. The Bertz CT molecular complexity index is 317. The minimum absolute atomic E-state index is 0.0207. The van der Waals surface area contributed by atoms with Gasteiger partial charge in [-0.05, 0) is 87.4 Å². The molecule has 0 heterocycles. The molecule has 4 aliphatic rings. The fourth-order valence-corrected chi connectivity index (χ4v) is 6.26. The van der Waals surface area contributed by atoms with Crippen LogP contribution in [0.4, 0.5) is 0 Å². The van der Waals surface area contributed by atoms with Gasteiger partial charge in [0.05, 0.1) is 5.60 Å². The average molecular weight is 264 g/mol. The van der Waals surface area contributed by atoms with Gasteiger partial charge in [-0.2, -0.15) is 0 Å². The van der Waals surface area contributed by atoms with Crippen LogP contribution in [0.1, 0.15) is 72.6 Å². The van der Waals surface area contributed by atoms with Crippen LogP contribution in [0, 0.1) is 28.6 Å². The van der Waals surface area contributed by atoms with Crippen molar-refractivity contribution in [2.24, 2.45) is 28.6 Å². The van der Waals surface area contributed by atoms with Crippen LogP contribution < -0.4 is 0 Å². The van der Waals surface area contributed by atoms with E-state index >= 15 is 0 Å². The molecule has 0 aromatic carbocycles. The van der Waals surface area contributed by atoms with Crippen LogP contribution in [-0.2, 0) is 4.74 Å². The maximum Gasteiger partial charge on any atom is 0.0628 e. The van der Waals surface area contributed by atoms with E-state index < -0.39 is 0 Å². The van der Waals surface area contributed by atoms with E-state index in [1.807, 2.05) is 7.11 Å². The van der Waals surface area contributed by atoms with Gasteiger partial charge in [-0.1, -0.05) is 13.8 Å². The molecule has 19 heavy (non-hydrogen) atoms. The summed E-state index contributed by atoms with van der Waals surface area (Å²) in [6.45, 7) is 9.58. The SMILES string of the molecule is COC(C)(C)CC(C)(C)C12CC3CC(CC(C3)C1)C2. The van der Waals surface area contributed by atoms with Crippen LogP contribution in [0.15, 0.2) is 0 Å². The van der Waals surface area contributed by atoms with Gasteiger partial charge in [0.1, 0.15) is 0 Å². The predicted molar refractivity (Wildman–Crippen MR) is 80.1 cm³/mol. The standard InChI is InChI=1S/C18H32O/c1-16(2,12-17(3,4)19-5)18-9-13-6-14(10-18)8-15(7-13)11-18/h13-15H,6-12H2,1-5H3. The van der Waals surface area contributed by atoms with Gasteiger partial charge in [0, 0.05) is 7.11 Å². The maximum atomic E-state index is 5.74. The summed E-state index contributed by atoms with van der Waals surface area (Å²) in [5, 5.41) is 0. The first-order chi connectivity index (χ1) is 8.75. The van der Waals surface area contributed by atoms with Gasteiger partial charge in [0.15, 0.2) is 0 Å². The fourth-order valence-electron chi connectivity index (χ4n) is 6.26. The van der Waals surface area contributed by atoms with Crippen LogP contribution in [0.2, 0.25) is 0 Å². The second-order valence-electron chi connectivity index (χ2n) is 9.22. The Morgan fingerprint density at radius 2 is 1.32 bits per heavy atom. The highest BCUT2D eigenvalue weighted by atomic mass is 16.5. The number of ether oxygens (including phenoxy) is 1. The zero-order chi connectivity index (χ0) is 13.9. The van der Waals surface area contributed by atoms with E-state index in [9.17, 15) is 0 Å². The van der Waals surface area contributed by atoms with E-state index in [4.69, 9.17) is 4.74 Å². The normalized spacial score (nSPS) is 41.8. The second-order valence-corrected chi connectivity index (χ2v) is 9.22. The summed E-state index contributed by atoms with van der Waals surface area (Å²) < 4.78 is 5.74. The van der Waals surface area contributed by atoms with Crippen molar-refractivity contribution >= 4 is 0 Å². The molecule has 0 aliphatic heterocycles. The third-order valence-corrected chi connectivity index (χ3v) is 6.89. The zero-order valence-corrected chi connectivity index (χ0v) is 13.6. The highest BCUT2D eigenvalue weighted by molar-refractivity contribution is 5.07. The molecular formula is C18H32O. The van der Waals surface area contributed by atoms with Gasteiger partial charge >= 0.3 is 0 Å². The smallest absolute Gasteiger partial charge is 0.0628 e. The Labute approximate surface area is 119 Å². The number of hydrogen-bond acceptors (Lipinski definition) is 1. The van der Waals surface area contributed by atoms with Crippen LogP contribution >= 0.6 is 0 Å². The van der Waals surface area contributed by atoms with Crippen molar-refractivity contribution < 1.29 is 4.74 Å². The van der Waals surface area contributed by atoms with Crippen molar-refractivity contribution in [3.8, 4) is 0 Å². The molecule has 0 radical (unpaired) electrons. The van der Waals surface area contributed by atoms with Crippen LogP contribution in [-0.4, -0.2) is 12.7 Å². The highest BCUT2D eigenvalue weighted by Gasteiger charge is 2.57. The van der Waals surface area contributed by atoms with Gasteiger partial charge in [-0.15, -0.1) is 0 Å². The highest BCUT2D eigenvalue weighted by Crippen LogP contribution is 2.67. The molecule has 0 spiro atoms. The van der Waals surface area contributed by atoms with Gasteiger partial charge in [-0.25, -0.2) is 0 Å². The molecule has 1 heteroatoms. The van der Waals surface area contributed by atoms with E-state index in [1.54, 1.807) is 19.3 Å². The van der Waals surface area contributed by atoms with Crippen molar-refractivity contribution in [1.29, 1.82) is 0 Å². The molecule has 4 fully saturated rings. The molecule has 0 amide bonds. The average Bonchev–Trinajstić information content (AvgIpc) is 2.25. The molecule has 0 atom stereocenters. The molecule has 110 valence electrons. The molecule has 4 rings (SSSR count).